The van der Waals surface area contributed by atoms with Crippen LogP contribution < -0.4 is 4.74 Å². The second-order valence-electron chi connectivity index (χ2n) is 3.94. The van der Waals surface area contributed by atoms with Gasteiger partial charge in [0.25, 0.3) is 0 Å². The van der Waals surface area contributed by atoms with Crippen molar-refractivity contribution in [2.45, 2.75) is 19.3 Å². The number of aryl methyl sites for hydroxylation is 1. The quantitative estimate of drug-likeness (QED) is 0.730. The van der Waals surface area contributed by atoms with Crippen LogP contribution in [0.1, 0.15) is 28.8 Å². The number of hydrogen-bond donors (Lipinski definition) is 0. The third-order valence-corrected chi connectivity index (χ3v) is 2.79. The number of Topliss-reactive ketones (excluding diaryl/α,β-unsaturated/α-hetero) is 1. The van der Waals surface area contributed by atoms with E-state index in [9.17, 15) is 4.79 Å². The van der Waals surface area contributed by atoms with Crippen molar-refractivity contribution in [2.24, 2.45) is 0 Å². The molecule has 86 valence electrons. The van der Waals surface area contributed by atoms with Crippen LogP contribution in [0.2, 0.25) is 0 Å². The standard InChI is InChI=1S/C13H16O3/c1-15-7-8-16-11-6-5-10-3-2-4-13(14)12(10)9-11/h5-6,9H,2-4,7-8H2,1H3. The van der Waals surface area contributed by atoms with Gasteiger partial charge >= 0.3 is 0 Å². The third kappa shape index (κ3) is 2.42. The number of benzene rings is 1. The first-order valence-electron chi connectivity index (χ1n) is 5.59. The molecule has 0 radical (unpaired) electrons. The number of hydrogen-bond acceptors (Lipinski definition) is 3. The number of ether oxygens (including phenoxy) is 2. The molecule has 0 saturated carbocycles. The van der Waals surface area contributed by atoms with Crippen LogP contribution in [0.4, 0.5) is 0 Å². The Balaban J connectivity index is 2.11. The zero-order valence-corrected chi connectivity index (χ0v) is 9.49. The highest BCUT2D eigenvalue weighted by atomic mass is 16.5. The van der Waals surface area contributed by atoms with E-state index in [4.69, 9.17) is 9.47 Å². The summed E-state index contributed by atoms with van der Waals surface area (Å²) in [6, 6.07) is 5.77. The average molecular weight is 220 g/mol. The van der Waals surface area contributed by atoms with Gasteiger partial charge in [0.2, 0.25) is 0 Å². The van der Waals surface area contributed by atoms with E-state index in [-0.39, 0.29) is 5.78 Å². The lowest BCUT2D eigenvalue weighted by molar-refractivity contribution is 0.0971. The summed E-state index contributed by atoms with van der Waals surface area (Å²) in [6.45, 7) is 1.08. The van der Waals surface area contributed by atoms with Crippen molar-refractivity contribution in [3.8, 4) is 5.75 Å². The molecule has 2 rings (SSSR count). The lowest BCUT2D eigenvalue weighted by Crippen LogP contribution is -2.11. The molecule has 0 spiro atoms. The van der Waals surface area contributed by atoms with Crippen LogP contribution in [-0.2, 0) is 11.2 Å². The number of methoxy groups -OCH3 is 1. The maximum absolute atomic E-state index is 11.7. The summed E-state index contributed by atoms with van der Waals surface area (Å²) in [5.41, 5.74) is 1.98. The van der Waals surface area contributed by atoms with E-state index >= 15 is 0 Å². The van der Waals surface area contributed by atoms with Gasteiger partial charge in [0.05, 0.1) is 6.61 Å². The van der Waals surface area contributed by atoms with Crippen molar-refractivity contribution in [2.75, 3.05) is 20.3 Å². The second kappa shape index (κ2) is 5.12. The van der Waals surface area contributed by atoms with E-state index in [2.05, 4.69) is 0 Å². The summed E-state index contributed by atoms with van der Waals surface area (Å²) in [5, 5.41) is 0. The van der Waals surface area contributed by atoms with Crippen molar-refractivity contribution in [1.82, 2.24) is 0 Å². The SMILES string of the molecule is COCCOc1ccc2c(c1)C(=O)CCC2. The molecule has 3 heteroatoms. The highest BCUT2D eigenvalue weighted by Gasteiger charge is 2.17. The zero-order chi connectivity index (χ0) is 11.4. The molecule has 0 amide bonds. The Morgan fingerprint density at radius 3 is 2.94 bits per heavy atom. The van der Waals surface area contributed by atoms with Gasteiger partial charge < -0.3 is 9.47 Å². The fourth-order valence-corrected chi connectivity index (χ4v) is 1.94. The van der Waals surface area contributed by atoms with E-state index in [1.807, 2.05) is 18.2 Å². The first kappa shape index (κ1) is 11.1. The summed E-state index contributed by atoms with van der Waals surface area (Å²) in [6.07, 6.45) is 2.63. The monoisotopic (exact) mass is 220 g/mol. The molecule has 1 aliphatic carbocycles. The van der Waals surface area contributed by atoms with Gasteiger partial charge in [0.15, 0.2) is 5.78 Å². The first-order chi connectivity index (χ1) is 7.81. The van der Waals surface area contributed by atoms with Crippen molar-refractivity contribution < 1.29 is 14.3 Å². The maximum atomic E-state index is 11.7. The normalized spacial score (nSPS) is 14.7. The molecule has 0 N–H and O–H groups in total. The number of carbonyl (C=O) groups excluding carboxylic acids is 1. The Morgan fingerprint density at radius 1 is 1.25 bits per heavy atom. The Hall–Kier alpha value is -1.35. The van der Waals surface area contributed by atoms with Crippen LogP contribution in [0.3, 0.4) is 0 Å². The average Bonchev–Trinajstić information content (AvgIpc) is 2.30. The Morgan fingerprint density at radius 2 is 2.12 bits per heavy atom. The minimum absolute atomic E-state index is 0.235. The van der Waals surface area contributed by atoms with Crippen LogP contribution in [0.15, 0.2) is 18.2 Å². The van der Waals surface area contributed by atoms with Gasteiger partial charge in [-0.3, -0.25) is 4.79 Å². The summed E-state index contributed by atoms with van der Waals surface area (Å²) in [7, 11) is 1.64. The molecular formula is C13H16O3. The Bertz CT molecular complexity index is 385. The van der Waals surface area contributed by atoms with Crippen molar-refractivity contribution >= 4 is 5.78 Å². The van der Waals surface area contributed by atoms with Crippen molar-refractivity contribution in [3.63, 3.8) is 0 Å². The predicted octanol–water partition coefficient (Wildman–Crippen LogP) is 2.23. The highest BCUT2D eigenvalue weighted by Crippen LogP contribution is 2.25. The minimum Gasteiger partial charge on any atom is -0.491 e. The molecule has 0 saturated heterocycles. The molecule has 0 heterocycles. The van der Waals surface area contributed by atoms with Gasteiger partial charge in [-0.15, -0.1) is 0 Å². The van der Waals surface area contributed by atoms with Gasteiger partial charge in [-0.25, -0.2) is 0 Å². The summed E-state index contributed by atoms with van der Waals surface area (Å²) in [5.74, 6) is 0.990. The molecule has 1 aliphatic rings. The molecular weight excluding hydrogens is 204 g/mol. The number of rotatable bonds is 4. The topological polar surface area (TPSA) is 35.5 Å². The Kier molecular flexibility index (Phi) is 3.57. The minimum atomic E-state index is 0.235. The van der Waals surface area contributed by atoms with E-state index in [0.717, 1.165) is 29.7 Å². The number of ketones is 1. The van der Waals surface area contributed by atoms with Crippen molar-refractivity contribution in [1.29, 1.82) is 0 Å². The van der Waals surface area contributed by atoms with Crippen LogP contribution in [-0.4, -0.2) is 26.1 Å². The summed E-state index contributed by atoms with van der Waals surface area (Å²) >= 11 is 0. The lowest BCUT2D eigenvalue weighted by Gasteiger charge is -2.15. The van der Waals surface area contributed by atoms with Gasteiger partial charge in [-0.05, 0) is 30.5 Å². The van der Waals surface area contributed by atoms with Gasteiger partial charge in [-0.2, -0.15) is 0 Å². The largest absolute Gasteiger partial charge is 0.491 e. The van der Waals surface area contributed by atoms with Gasteiger partial charge in [0.1, 0.15) is 12.4 Å². The van der Waals surface area contributed by atoms with Crippen LogP contribution >= 0.6 is 0 Å². The molecule has 0 aromatic heterocycles. The number of carbonyl (C=O) groups is 1. The number of fused-ring (bicyclic) bond motifs is 1. The molecule has 0 unspecified atom stereocenters. The van der Waals surface area contributed by atoms with E-state index in [0.29, 0.717) is 19.6 Å². The van der Waals surface area contributed by atoms with Crippen LogP contribution in [0.25, 0.3) is 0 Å². The van der Waals surface area contributed by atoms with Gasteiger partial charge in [-0.1, -0.05) is 6.07 Å². The molecule has 0 fully saturated rings. The fraction of sp³-hybridized carbons (Fsp3) is 0.462. The first-order valence-corrected chi connectivity index (χ1v) is 5.59. The van der Waals surface area contributed by atoms with Gasteiger partial charge in [0, 0.05) is 19.1 Å². The predicted molar refractivity (Wildman–Crippen MR) is 61.1 cm³/mol. The highest BCUT2D eigenvalue weighted by molar-refractivity contribution is 5.98. The molecule has 3 nitrogen and oxygen atoms in total. The molecule has 0 aliphatic heterocycles. The maximum Gasteiger partial charge on any atom is 0.163 e. The molecule has 0 bridgehead atoms. The molecule has 0 atom stereocenters. The van der Waals surface area contributed by atoms with Crippen LogP contribution in [0.5, 0.6) is 5.75 Å². The van der Waals surface area contributed by atoms with Crippen molar-refractivity contribution in [3.05, 3.63) is 29.3 Å². The summed E-state index contributed by atoms with van der Waals surface area (Å²) < 4.78 is 10.4. The van der Waals surface area contributed by atoms with E-state index < -0.39 is 0 Å². The zero-order valence-electron chi connectivity index (χ0n) is 9.49. The molecule has 1 aromatic rings. The molecule has 16 heavy (non-hydrogen) atoms. The van der Waals surface area contributed by atoms with E-state index in [1.165, 1.54) is 0 Å². The fourth-order valence-electron chi connectivity index (χ4n) is 1.94. The second-order valence-corrected chi connectivity index (χ2v) is 3.94. The lowest BCUT2D eigenvalue weighted by atomic mass is 9.90. The summed E-state index contributed by atoms with van der Waals surface area (Å²) in [4.78, 5) is 11.7. The molecule has 1 aromatic carbocycles. The third-order valence-electron chi connectivity index (χ3n) is 2.79. The smallest absolute Gasteiger partial charge is 0.163 e. The Labute approximate surface area is 95.4 Å². The van der Waals surface area contributed by atoms with E-state index in [1.54, 1.807) is 7.11 Å². The van der Waals surface area contributed by atoms with Crippen LogP contribution in [0, 0.1) is 0 Å².